The number of carbonyl (C=O) groups is 1. The molecule has 2 aromatic carbocycles. The lowest BCUT2D eigenvalue weighted by molar-refractivity contribution is 0.0605. The molecule has 0 spiro atoms. The van der Waals surface area contributed by atoms with Gasteiger partial charge in [-0.1, -0.05) is 17.4 Å². The topological polar surface area (TPSA) is 86.0 Å². The predicted octanol–water partition coefficient (Wildman–Crippen LogP) is 4.90. The summed E-state index contributed by atoms with van der Waals surface area (Å²) in [5.74, 6) is 1.03. The lowest BCUT2D eigenvalue weighted by Gasteiger charge is -2.07. The molecule has 8 heteroatoms. The van der Waals surface area contributed by atoms with Gasteiger partial charge in [-0.3, -0.25) is 5.43 Å². The van der Waals surface area contributed by atoms with Crippen LogP contribution in [-0.2, 0) is 4.74 Å². The number of rotatable bonds is 5. The average Bonchev–Trinajstić information content (AvgIpc) is 3.17. The lowest BCUT2D eigenvalue weighted by Crippen LogP contribution is -2.07. The zero-order valence-corrected chi connectivity index (χ0v) is 18.4. The predicted molar refractivity (Wildman–Crippen MR) is 120 cm³/mol. The van der Waals surface area contributed by atoms with Gasteiger partial charge in [0.15, 0.2) is 0 Å². The molecule has 0 saturated heterocycles. The number of ether oxygens (including phenoxy) is 2. The van der Waals surface area contributed by atoms with E-state index in [1.54, 1.807) is 14.0 Å². The molecule has 0 radical (unpaired) electrons. The van der Waals surface area contributed by atoms with E-state index in [1.165, 1.54) is 18.4 Å². The first-order valence-electron chi connectivity index (χ1n) is 9.53. The van der Waals surface area contributed by atoms with Crippen LogP contribution in [0, 0.1) is 13.8 Å². The number of carbonyl (C=O) groups excluding carboxylic acids is 1. The van der Waals surface area contributed by atoms with Crippen LogP contribution in [0.2, 0.25) is 0 Å². The van der Waals surface area contributed by atoms with Crippen LogP contribution in [0.3, 0.4) is 0 Å². The molecule has 0 atom stereocenters. The van der Waals surface area contributed by atoms with Crippen LogP contribution in [0.15, 0.2) is 58.0 Å². The van der Waals surface area contributed by atoms with Crippen molar-refractivity contribution in [3.8, 4) is 17.1 Å². The fourth-order valence-corrected chi connectivity index (χ4v) is 3.93. The molecule has 31 heavy (non-hydrogen) atoms. The Morgan fingerprint density at radius 3 is 2.58 bits per heavy atom. The summed E-state index contributed by atoms with van der Waals surface area (Å²) in [6.07, 6.45) is 0. The van der Waals surface area contributed by atoms with E-state index in [4.69, 9.17) is 13.9 Å². The van der Waals surface area contributed by atoms with Crippen molar-refractivity contribution < 1.29 is 18.7 Å². The largest absolute Gasteiger partial charge is 0.497 e. The van der Waals surface area contributed by atoms with Gasteiger partial charge in [0.05, 0.1) is 25.3 Å². The van der Waals surface area contributed by atoms with E-state index < -0.39 is 5.97 Å². The number of esters is 1. The molecule has 0 bridgehead atoms. The number of methoxy groups -OCH3 is 2. The maximum Gasteiger partial charge on any atom is 0.350 e. The number of nitrogens with one attached hydrogen (secondary N) is 1. The molecule has 7 nitrogen and oxygen atoms in total. The van der Waals surface area contributed by atoms with E-state index in [9.17, 15) is 4.79 Å². The molecule has 0 unspecified atom stereocenters. The number of hydrogen-bond acceptors (Lipinski definition) is 8. The fraction of sp³-hybridized carbons (Fsp3) is 0.174. The third kappa shape index (κ3) is 4.29. The van der Waals surface area contributed by atoms with Crippen LogP contribution in [0.1, 0.15) is 20.9 Å². The normalized spacial score (nSPS) is 11.5. The Hall–Kier alpha value is -3.65. The Bertz CT molecular complexity index is 1320. The number of aromatic nitrogens is 1. The van der Waals surface area contributed by atoms with E-state index in [0.29, 0.717) is 26.8 Å². The smallest absolute Gasteiger partial charge is 0.350 e. The molecule has 4 aromatic rings. The minimum atomic E-state index is -0.413. The van der Waals surface area contributed by atoms with Gasteiger partial charge < -0.3 is 13.9 Å². The van der Waals surface area contributed by atoms with Gasteiger partial charge in [-0.15, -0.1) is 0 Å². The molecule has 0 aliphatic heterocycles. The van der Waals surface area contributed by atoms with Gasteiger partial charge in [0.1, 0.15) is 22.0 Å². The van der Waals surface area contributed by atoms with Crippen LogP contribution in [0.4, 0.5) is 5.13 Å². The first-order valence-corrected chi connectivity index (χ1v) is 10.3. The average molecular weight is 436 g/mol. The maximum absolute atomic E-state index is 11.8. The number of nitrogens with zero attached hydrogens (tertiary/aromatic N) is 2. The fourth-order valence-electron chi connectivity index (χ4n) is 3.10. The molecule has 0 amide bonds. The maximum atomic E-state index is 11.8. The molecule has 0 aliphatic carbocycles. The third-order valence-electron chi connectivity index (χ3n) is 4.71. The highest BCUT2D eigenvalue weighted by Crippen LogP contribution is 2.26. The van der Waals surface area contributed by atoms with Crippen molar-refractivity contribution in [2.75, 3.05) is 19.6 Å². The summed E-state index contributed by atoms with van der Waals surface area (Å²) < 4.78 is 16.2. The monoisotopic (exact) mass is 435 g/mol. The number of thiazole rings is 1. The molecular weight excluding hydrogens is 414 g/mol. The van der Waals surface area contributed by atoms with E-state index >= 15 is 0 Å². The van der Waals surface area contributed by atoms with Crippen molar-refractivity contribution in [3.05, 3.63) is 70.0 Å². The lowest BCUT2D eigenvalue weighted by atomic mass is 10.1. The summed E-state index contributed by atoms with van der Waals surface area (Å²) in [6, 6.07) is 15.5. The molecule has 158 valence electrons. The summed E-state index contributed by atoms with van der Waals surface area (Å²) in [5, 5.41) is 6.61. The third-order valence-corrected chi connectivity index (χ3v) is 5.76. The van der Waals surface area contributed by atoms with Crippen molar-refractivity contribution in [1.82, 2.24) is 4.98 Å². The Kier molecular flexibility index (Phi) is 5.73. The molecule has 1 N–H and O–H groups in total. The van der Waals surface area contributed by atoms with E-state index in [-0.39, 0.29) is 0 Å². The second-order valence-electron chi connectivity index (χ2n) is 6.87. The molecule has 0 fully saturated rings. The van der Waals surface area contributed by atoms with Gasteiger partial charge in [0.25, 0.3) is 0 Å². The summed E-state index contributed by atoms with van der Waals surface area (Å²) in [6.45, 7) is 3.77. The molecule has 2 heterocycles. The number of fused-ring (bicyclic) bond motifs is 1. The van der Waals surface area contributed by atoms with Crippen molar-refractivity contribution in [3.63, 3.8) is 0 Å². The minimum Gasteiger partial charge on any atom is -0.497 e. The van der Waals surface area contributed by atoms with Crippen molar-refractivity contribution in [1.29, 1.82) is 0 Å². The number of hydrogen-bond donors (Lipinski definition) is 1. The number of aryl methyl sites for hydroxylation is 2. The van der Waals surface area contributed by atoms with E-state index in [2.05, 4.69) is 15.5 Å². The summed E-state index contributed by atoms with van der Waals surface area (Å²) in [7, 11) is 2.98. The summed E-state index contributed by atoms with van der Waals surface area (Å²) in [4.78, 5) is 16.7. The van der Waals surface area contributed by atoms with Crippen LogP contribution >= 0.6 is 11.3 Å². The Morgan fingerprint density at radius 1 is 1.10 bits per heavy atom. The summed E-state index contributed by atoms with van der Waals surface area (Å²) >= 11 is 1.20. The zero-order valence-electron chi connectivity index (χ0n) is 17.6. The second kappa shape index (κ2) is 8.61. The van der Waals surface area contributed by atoms with Gasteiger partial charge in [-0.25, -0.2) is 9.78 Å². The number of anilines is 1. The van der Waals surface area contributed by atoms with Crippen LogP contribution in [0.25, 0.3) is 22.3 Å². The van der Waals surface area contributed by atoms with Gasteiger partial charge in [0.2, 0.25) is 5.13 Å². The van der Waals surface area contributed by atoms with Crippen molar-refractivity contribution in [2.24, 2.45) is 5.10 Å². The van der Waals surface area contributed by atoms with E-state index in [0.717, 1.165) is 27.8 Å². The van der Waals surface area contributed by atoms with Crippen LogP contribution in [-0.4, -0.2) is 25.2 Å². The molecule has 2 aromatic heterocycles. The standard InChI is InChI=1S/C23H21N3O4S/c1-13-5-10-17-18(25-26-23-24-14(2)21(31-23)22(27)29-4)12-19(30-20(17)11-13)15-6-8-16(28-3)9-7-15/h5-12H,1-4H3,(H,24,26)/b25-18+. The van der Waals surface area contributed by atoms with E-state index in [1.807, 2.05) is 55.5 Å². The van der Waals surface area contributed by atoms with Crippen molar-refractivity contribution >= 4 is 33.4 Å². The quantitative estimate of drug-likeness (QED) is 0.355. The molecule has 0 aliphatic rings. The molecular formula is C23H21N3O4S. The van der Waals surface area contributed by atoms with Crippen LogP contribution < -0.4 is 15.5 Å². The van der Waals surface area contributed by atoms with Gasteiger partial charge in [-0.05, 0) is 55.8 Å². The summed E-state index contributed by atoms with van der Waals surface area (Å²) in [5.41, 5.74) is 6.27. The second-order valence-corrected chi connectivity index (χ2v) is 7.87. The molecule has 4 rings (SSSR count). The number of benzene rings is 2. The van der Waals surface area contributed by atoms with Gasteiger partial charge in [-0.2, -0.15) is 5.10 Å². The SMILES string of the molecule is COC(=O)c1sc(N/N=c2\cc(-c3ccc(OC)cc3)oc3cc(C)ccc23)nc1C. The van der Waals surface area contributed by atoms with Crippen LogP contribution in [0.5, 0.6) is 5.75 Å². The Morgan fingerprint density at radius 2 is 1.87 bits per heavy atom. The zero-order chi connectivity index (χ0) is 22.0. The minimum absolute atomic E-state index is 0.413. The highest BCUT2D eigenvalue weighted by atomic mass is 32.1. The first-order chi connectivity index (χ1) is 15.0. The highest BCUT2D eigenvalue weighted by molar-refractivity contribution is 7.17. The Labute approximate surface area is 183 Å². The molecule has 0 saturated carbocycles. The van der Waals surface area contributed by atoms with Gasteiger partial charge >= 0.3 is 5.97 Å². The van der Waals surface area contributed by atoms with Crippen molar-refractivity contribution in [2.45, 2.75) is 13.8 Å². The first kappa shape index (κ1) is 20.6. The Balaban J connectivity index is 1.79. The highest BCUT2D eigenvalue weighted by Gasteiger charge is 2.15. The van der Waals surface area contributed by atoms with Gasteiger partial charge in [0, 0.05) is 17.0 Å².